The van der Waals surface area contributed by atoms with Crippen molar-refractivity contribution in [1.29, 1.82) is 0 Å². The minimum atomic E-state index is -0.602. The summed E-state index contributed by atoms with van der Waals surface area (Å²) in [5.74, 6) is -1.11. The fraction of sp³-hybridized carbons (Fsp3) is 0.194. The number of carbonyl (C=O) groups is 1. The van der Waals surface area contributed by atoms with Gasteiger partial charge in [-0.15, -0.1) is 0 Å². The van der Waals surface area contributed by atoms with Gasteiger partial charge in [0.25, 0.3) is 0 Å². The summed E-state index contributed by atoms with van der Waals surface area (Å²) in [6.45, 7) is 4.19. The van der Waals surface area contributed by atoms with Gasteiger partial charge in [-0.25, -0.2) is 9.18 Å². The van der Waals surface area contributed by atoms with E-state index in [9.17, 15) is 4.79 Å². The van der Waals surface area contributed by atoms with E-state index in [2.05, 4.69) is 31.2 Å². The molecule has 1 aliphatic heterocycles. The van der Waals surface area contributed by atoms with Crippen LogP contribution in [0.3, 0.4) is 0 Å². The second-order valence-corrected chi connectivity index (χ2v) is 8.99. The van der Waals surface area contributed by atoms with Crippen molar-refractivity contribution >= 4 is 5.97 Å². The third kappa shape index (κ3) is 4.26. The van der Waals surface area contributed by atoms with Crippen molar-refractivity contribution < 1.29 is 13.9 Å². The number of carbonyl (C=O) groups excluding carboxylic acids is 1. The van der Waals surface area contributed by atoms with Crippen LogP contribution in [0.15, 0.2) is 84.9 Å². The van der Waals surface area contributed by atoms with Gasteiger partial charge in [0.2, 0.25) is 0 Å². The summed E-state index contributed by atoms with van der Waals surface area (Å²) in [4.78, 5) is 12.8. The van der Waals surface area contributed by atoms with Crippen molar-refractivity contribution in [3.8, 4) is 22.3 Å². The van der Waals surface area contributed by atoms with Crippen LogP contribution in [0.2, 0.25) is 0 Å². The molecule has 4 aromatic carbocycles. The minimum absolute atomic E-state index is 0.0523. The standard InChI is InChI=1S/C31H27FO2/c1-3-4-21-7-11-22(12-8-21)23-13-15-24(16-14-23)27-18-17-26-19-28(25-9-5-20(2)6-10-25)34-31(33)29(26)30(27)32/h5-18,28H,3-4,19H2,1-2H3. The van der Waals surface area contributed by atoms with Crippen LogP contribution in [-0.2, 0) is 17.6 Å². The average Bonchev–Trinajstić information content (AvgIpc) is 2.85. The van der Waals surface area contributed by atoms with Crippen molar-refractivity contribution in [3.63, 3.8) is 0 Å². The van der Waals surface area contributed by atoms with Gasteiger partial charge in [0.05, 0.1) is 5.56 Å². The van der Waals surface area contributed by atoms with Gasteiger partial charge >= 0.3 is 5.97 Å². The number of aryl methyl sites for hydroxylation is 2. The SMILES string of the molecule is CCCc1ccc(-c2ccc(-c3ccc4c(c3F)C(=O)OC(c3ccc(C)cc3)C4)cc2)cc1. The van der Waals surface area contributed by atoms with Crippen LogP contribution in [0.25, 0.3) is 22.3 Å². The Labute approximate surface area is 200 Å². The van der Waals surface area contributed by atoms with Gasteiger partial charge in [-0.1, -0.05) is 104 Å². The first-order valence-corrected chi connectivity index (χ1v) is 11.8. The molecule has 1 unspecified atom stereocenters. The number of esters is 1. The maximum absolute atomic E-state index is 15.5. The summed E-state index contributed by atoms with van der Waals surface area (Å²) in [7, 11) is 0. The number of fused-ring (bicyclic) bond motifs is 1. The highest BCUT2D eigenvalue weighted by atomic mass is 19.1. The van der Waals surface area contributed by atoms with Gasteiger partial charge in [0, 0.05) is 12.0 Å². The number of rotatable bonds is 5. The zero-order chi connectivity index (χ0) is 23.7. The lowest BCUT2D eigenvalue weighted by Gasteiger charge is -2.26. The van der Waals surface area contributed by atoms with E-state index in [4.69, 9.17) is 4.74 Å². The second-order valence-electron chi connectivity index (χ2n) is 8.99. The van der Waals surface area contributed by atoms with Crippen LogP contribution in [0.5, 0.6) is 0 Å². The average molecular weight is 451 g/mol. The highest BCUT2D eigenvalue weighted by Crippen LogP contribution is 2.36. The predicted octanol–water partition coefficient (Wildman–Crippen LogP) is 7.87. The van der Waals surface area contributed by atoms with Crippen molar-refractivity contribution in [1.82, 2.24) is 0 Å². The topological polar surface area (TPSA) is 26.3 Å². The quantitative estimate of drug-likeness (QED) is 0.289. The molecule has 0 aliphatic carbocycles. The van der Waals surface area contributed by atoms with Crippen molar-refractivity contribution in [2.45, 2.75) is 39.2 Å². The molecule has 0 spiro atoms. The molecule has 1 aliphatic rings. The fourth-order valence-corrected chi connectivity index (χ4v) is 4.62. The Morgan fingerprint density at radius 3 is 2.09 bits per heavy atom. The Morgan fingerprint density at radius 2 is 1.44 bits per heavy atom. The highest BCUT2D eigenvalue weighted by molar-refractivity contribution is 5.94. The maximum Gasteiger partial charge on any atom is 0.342 e. The lowest BCUT2D eigenvalue weighted by molar-refractivity contribution is 0.0246. The Morgan fingerprint density at radius 1 is 0.824 bits per heavy atom. The Hall–Kier alpha value is -3.72. The fourth-order valence-electron chi connectivity index (χ4n) is 4.62. The first kappa shape index (κ1) is 22.1. The maximum atomic E-state index is 15.5. The molecule has 1 heterocycles. The molecule has 0 fully saturated rings. The summed E-state index contributed by atoms with van der Waals surface area (Å²) in [5, 5.41) is 0. The largest absolute Gasteiger partial charge is 0.453 e. The van der Waals surface area contributed by atoms with Crippen LogP contribution in [0.1, 0.15) is 52.1 Å². The van der Waals surface area contributed by atoms with E-state index >= 15 is 4.39 Å². The van der Waals surface area contributed by atoms with E-state index in [0.29, 0.717) is 17.5 Å². The summed E-state index contributed by atoms with van der Waals surface area (Å²) in [6, 6.07) is 27.9. The molecule has 1 atom stereocenters. The molecule has 5 rings (SSSR count). The van der Waals surface area contributed by atoms with Crippen LogP contribution < -0.4 is 0 Å². The third-order valence-corrected chi connectivity index (χ3v) is 6.56. The van der Waals surface area contributed by atoms with E-state index in [1.54, 1.807) is 6.07 Å². The number of halogens is 1. The monoisotopic (exact) mass is 450 g/mol. The first-order chi connectivity index (χ1) is 16.5. The second kappa shape index (κ2) is 9.26. The van der Waals surface area contributed by atoms with Crippen molar-refractivity contribution in [2.24, 2.45) is 0 Å². The molecule has 0 bridgehead atoms. The molecule has 0 N–H and O–H groups in total. The van der Waals surface area contributed by atoms with Crippen LogP contribution in [-0.4, -0.2) is 5.97 Å². The molecule has 0 saturated carbocycles. The van der Waals surface area contributed by atoms with Crippen LogP contribution >= 0.6 is 0 Å². The predicted molar refractivity (Wildman–Crippen MR) is 134 cm³/mol. The van der Waals surface area contributed by atoms with Crippen molar-refractivity contribution in [2.75, 3.05) is 0 Å². The van der Waals surface area contributed by atoms with E-state index in [1.807, 2.05) is 61.5 Å². The van der Waals surface area contributed by atoms with E-state index in [-0.39, 0.29) is 5.56 Å². The molecular weight excluding hydrogens is 423 g/mol. The molecule has 0 amide bonds. The van der Waals surface area contributed by atoms with Gasteiger partial charge in [-0.3, -0.25) is 0 Å². The van der Waals surface area contributed by atoms with Crippen LogP contribution in [0.4, 0.5) is 4.39 Å². The summed E-state index contributed by atoms with van der Waals surface area (Å²) < 4.78 is 21.1. The highest BCUT2D eigenvalue weighted by Gasteiger charge is 2.31. The molecule has 4 aromatic rings. The molecular formula is C31H27FO2. The zero-order valence-corrected chi connectivity index (χ0v) is 19.5. The first-order valence-electron chi connectivity index (χ1n) is 11.8. The Bertz CT molecular complexity index is 1320. The molecule has 0 saturated heterocycles. The summed E-state index contributed by atoms with van der Waals surface area (Å²) >= 11 is 0. The summed E-state index contributed by atoms with van der Waals surface area (Å²) in [5.41, 5.74) is 7.48. The zero-order valence-electron chi connectivity index (χ0n) is 19.5. The number of hydrogen-bond donors (Lipinski definition) is 0. The van der Waals surface area contributed by atoms with Crippen molar-refractivity contribution in [3.05, 3.63) is 119 Å². The van der Waals surface area contributed by atoms with Gasteiger partial charge < -0.3 is 4.74 Å². The van der Waals surface area contributed by atoms with E-state index in [1.165, 1.54) is 5.56 Å². The molecule has 34 heavy (non-hydrogen) atoms. The number of benzene rings is 4. The molecule has 0 aromatic heterocycles. The normalized spacial score (nSPS) is 15.0. The van der Waals surface area contributed by atoms with Crippen LogP contribution in [0, 0.1) is 12.7 Å². The third-order valence-electron chi connectivity index (χ3n) is 6.56. The molecule has 170 valence electrons. The number of cyclic esters (lactones) is 1. The van der Waals surface area contributed by atoms with E-state index in [0.717, 1.165) is 40.7 Å². The summed E-state index contributed by atoms with van der Waals surface area (Å²) in [6.07, 6.45) is 2.27. The van der Waals surface area contributed by atoms with Gasteiger partial charge in [0.1, 0.15) is 11.9 Å². The van der Waals surface area contributed by atoms with Gasteiger partial charge in [-0.2, -0.15) is 0 Å². The lowest BCUT2D eigenvalue weighted by Crippen LogP contribution is -2.23. The van der Waals surface area contributed by atoms with E-state index < -0.39 is 17.9 Å². The Kier molecular flexibility index (Phi) is 6.02. The number of hydrogen-bond acceptors (Lipinski definition) is 2. The lowest BCUT2D eigenvalue weighted by atomic mass is 9.90. The smallest absolute Gasteiger partial charge is 0.342 e. The Balaban J connectivity index is 1.41. The molecule has 2 nitrogen and oxygen atoms in total. The minimum Gasteiger partial charge on any atom is -0.453 e. The molecule has 3 heteroatoms. The van der Waals surface area contributed by atoms with Gasteiger partial charge in [-0.05, 0) is 46.7 Å². The number of ether oxygens (including phenoxy) is 1. The molecule has 0 radical (unpaired) electrons. The van der Waals surface area contributed by atoms with Gasteiger partial charge in [0.15, 0.2) is 0 Å².